The third-order valence-corrected chi connectivity index (χ3v) is 5.47. The zero-order chi connectivity index (χ0) is 23.5. The quantitative estimate of drug-likeness (QED) is 0.290. The van der Waals surface area contributed by atoms with Crippen LogP contribution in [0.3, 0.4) is 0 Å². The monoisotopic (exact) mass is 446 g/mol. The largest absolute Gasteiger partial charge is 0.496 e. The molecule has 2 aromatic rings. The Morgan fingerprint density at radius 3 is 2.03 bits per heavy atom. The highest BCUT2D eigenvalue weighted by molar-refractivity contribution is 6.03. The first-order chi connectivity index (χ1) is 15.5. The number of unbranched alkanes of at least 4 members (excludes halogenated alkanes) is 3. The first-order valence-electron chi connectivity index (χ1n) is 11.2. The molecule has 0 heterocycles. The van der Waals surface area contributed by atoms with Gasteiger partial charge in [-0.15, -0.1) is 0 Å². The van der Waals surface area contributed by atoms with Gasteiger partial charge in [-0.1, -0.05) is 24.5 Å². The first kappa shape index (κ1) is 25.8. The Balaban J connectivity index is 2.55. The van der Waals surface area contributed by atoms with Crippen LogP contribution in [0.5, 0.6) is 23.0 Å². The molecule has 178 valence electrons. The lowest BCUT2D eigenvalue weighted by molar-refractivity contribution is 0.0499. The number of allylic oxidation sites excluding steroid dienone is 1. The second kappa shape index (κ2) is 13.2. The summed E-state index contributed by atoms with van der Waals surface area (Å²) in [6.07, 6.45) is 6.49. The van der Waals surface area contributed by atoms with Gasteiger partial charge in [-0.3, -0.25) is 0 Å². The average molecular weight is 447 g/mol. The van der Waals surface area contributed by atoms with E-state index in [2.05, 4.69) is 19.9 Å². The van der Waals surface area contributed by atoms with Crippen molar-refractivity contribution in [1.29, 1.82) is 0 Å². The van der Waals surface area contributed by atoms with Gasteiger partial charge in [-0.05, 0) is 51.3 Å². The van der Waals surface area contributed by atoms with Gasteiger partial charge in [0.05, 0.1) is 45.3 Å². The molecule has 0 radical (unpaired) electrons. The molecule has 0 fully saturated rings. The number of aliphatic hydroxyl groups is 1. The molecular formula is C26H38O6. The van der Waals surface area contributed by atoms with Crippen LogP contribution in [0.1, 0.15) is 57.6 Å². The molecule has 0 aliphatic carbocycles. The zero-order valence-corrected chi connectivity index (χ0v) is 20.3. The standard InChI is InChI=1S/C26H38O6/c1-18(2)11-12-20(32-16-10-8-7-9-15-27)19-17-23(30-5)24-21(28-3)13-14-22(29-4)25(24)26(19)31-6/h11,13-14,17,20,27H,7-10,12,15-16H2,1-6H3. The maximum atomic E-state index is 8.97. The van der Waals surface area contributed by atoms with Crippen molar-refractivity contribution in [2.24, 2.45) is 0 Å². The molecule has 0 amide bonds. The molecule has 0 spiro atoms. The summed E-state index contributed by atoms with van der Waals surface area (Å²) >= 11 is 0. The molecule has 2 aromatic carbocycles. The third kappa shape index (κ3) is 6.30. The number of ether oxygens (including phenoxy) is 5. The van der Waals surface area contributed by atoms with Crippen LogP contribution in [-0.4, -0.2) is 46.8 Å². The van der Waals surface area contributed by atoms with E-state index in [1.54, 1.807) is 28.4 Å². The summed E-state index contributed by atoms with van der Waals surface area (Å²) in [5.41, 5.74) is 2.14. The summed E-state index contributed by atoms with van der Waals surface area (Å²) in [6.45, 7) is 5.03. The topological polar surface area (TPSA) is 66.4 Å². The van der Waals surface area contributed by atoms with Crippen molar-refractivity contribution < 1.29 is 28.8 Å². The first-order valence-corrected chi connectivity index (χ1v) is 11.2. The molecule has 6 nitrogen and oxygen atoms in total. The van der Waals surface area contributed by atoms with Crippen LogP contribution < -0.4 is 18.9 Å². The average Bonchev–Trinajstić information content (AvgIpc) is 2.81. The molecule has 0 aliphatic rings. The summed E-state index contributed by atoms with van der Waals surface area (Å²) in [5, 5.41) is 10.6. The van der Waals surface area contributed by atoms with Gasteiger partial charge in [-0.25, -0.2) is 0 Å². The van der Waals surface area contributed by atoms with E-state index in [4.69, 9.17) is 28.8 Å². The van der Waals surface area contributed by atoms with E-state index in [0.29, 0.717) is 29.6 Å². The zero-order valence-electron chi connectivity index (χ0n) is 20.3. The Bertz CT molecular complexity index is 886. The molecule has 0 aliphatic heterocycles. The number of hydrogen-bond donors (Lipinski definition) is 1. The van der Waals surface area contributed by atoms with Crippen LogP contribution in [0.15, 0.2) is 29.8 Å². The number of rotatable bonds is 14. The smallest absolute Gasteiger partial charge is 0.136 e. The number of benzene rings is 2. The second-order valence-electron chi connectivity index (χ2n) is 7.94. The summed E-state index contributed by atoms with van der Waals surface area (Å²) in [4.78, 5) is 0. The number of aliphatic hydroxyl groups excluding tert-OH is 1. The van der Waals surface area contributed by atoms with Crippen molar-refractivity contribution in [3.63, 3.8) is 0 Å². The Morgan fingerprint density at radius 2 is 1.47 bits per heavy atom. The van der Waals surface area contributed by atoms with Crippen molar-refractivity contribution in [3.8, 4) is 23.0 Å². The molecular weight excluding hydrogens is 408 g/mol. The molecule has 0 saturated carbocycles. The van der Waals surface area contributed by atoms with E-state index < -0.39 is 0 Å². The van der Waals surface area contributed by atoms with Gasteiger partial charge in [-0.2, -0.15) is 0 Å². The molecule has 2 rings (SSSR count). The van der Waals surface area contributed by atoms with Crippen LogP contribution in [0, 0.1) is 0 Å². The van der Waals surface area contributed by atoms with Crippen LogP contribution in [0.25, 0.3) is 10.8 Å². The Labute approximate surface area is 192 Å². The van der Waals surface area contributed by atoms with E-state index >= 15 is 0 Å². The van der Waals surface area contributed by atoms with E-state index in [9.17, 15) is 0 Å². The minimum atomic E-state index is -0.202. The molecule has 0 saturated heterocycles. The van der Waals surface area contributed by atoms with Gasteiger partial charge in [0, 0.05) is 18.8 Å². The van der Waals surface area contributed by atoms with Crippen molar-refractivity contribution in [2.45, 2.75) is 52.1 Å². The predicted molar refractivity (Wildman–Crippen MR) is 128 cm³/mol. The minimum Gasteiger partial charge on any atom is -0.496 e. The van der Waals surface area contributed by atoms with Gasteiger partial charge in [0.15, 0.2) is 0 Å². The number of fused-ring (bicyclic) bond motifs is 1. The highest BCUT2D eigenvalue weighted by Crippen LogP contribution is 2.48. The second-order valence-corrected chi connectivity index (χ2v) is 7.94. The maximum Gasteiger partial charge on any atom is 0.136 e. The maximum absolute atomic E-state index is 8.97. The summed E-state index contributed by atoms with van der Waals surface area (Å²) in [6, 6.07) is 5.73. The van der Waals surface area contributed by atoms with Crippen LogP contribution in [0.4, 0.5) is 0 Å². The molecule has 1 unspecified atom stereocenters. The van der Waals surface area contributed by atoms with E-state index in [1.807, 2.05) is 18.2 Å². The highest BCUT2D eigenvalue weighted by Gasteiger charge is 2.25. The molecule has 0 aromatic heterocycles. The van der Waals surface area contributed by atoms with E-state index in [1.165, 1.54) is 5.57 Å². The number of methoxy groups -OCH3 is 4. The van der Waals surface area contributed by atoms with E-state index in [0.717, 1.165) is 48.4 Å². The van der Waals surface area contributed by atoms with Gasteiger partial charge < -0.3 is 28.8 Å². The Kier molecular flexibility index (Phi) is 10.6. The van der Waals surface area contributed by atoms with Gasteiger partial charge in [0.1, 0.15) is 23.0 Å². The lowest BCUT2D eigenvalue weighted by atomic mass is 9.97. The lowest BCUT2D eigenvalue weighted by Crippen LogP contribution is -2.09. The minimum absolute atomic E-state index is 0.202. The molecule has 1 N–H and O–H groups in total. The summed E-state index contributed by atoms with van der Waals surface area (Å²) in [5.74, 6) is 2.75. The SMILES string of the molecule is COc1ccc(OC)c2c(OC)c(C(CC=C(C)C)OCCCCCCO)cc(OC)c12. The molecule has 1 atom stereocenters. The Hall–Kier alpha value is -2.44. The normalized spacial score (nSPS) is 11.8. The molecule has 0 bridgehead atoms. The lowest BCUT2D eigenvalue weighted by Gasteiger charge is -2.24. The Morgan fingerprint density at radius 1 is 0.844 bits per heavy atom. The van der Waals surface area contributed by atoms with Crippen molar-refractivity contribution in [3.05, 3.63) is 35.4 Å². The fourth-order valence-electron chi connectivity index (χ4n) is 3.84. The van der Waals surface area contributed by atoms with Crippen LogP contribution in [-0.2, 0) is 4.74 Å². The van der Waals surface area contributed by atoms with Crippen molar-refractivity contribution in [2.75, 3.05) is 41.7 Å². The molecule has 6 heteroatoms. The van der Waals surface area contributed by atoms with Crippen molar-refractivity contribution in [1.82, 2.24) is 0 Å². The molecule has 32 heavy (non-hydrogen) atoms. The third-order valence-electron chi connectivity index (χ3n) is 5.47. The van der Waals surface area contributed by atoms with Crippen LogP contribution in [0.2, 0.25) is 0 Å². The number of hydrogen-bond acceptors (Lipinski definition) is 6. The van der Waals surface area contributed by atoms with Gasteiger partial charge >= 0.3 is 0 Å². The summed E-state index contributed by atoms with van der Waals surface area (Å²) < 4.78 is 29.3. The fraction of sp³-hybridized carbons (Fsp3) is 0.538. The van der Waals surface area contributed by atoms with Crippen molar-refractivity contribution >= 4 is 10.8 Å². The predicted octanol–water partition coefficient (Wildman–Crippen LogP) is 5.84. The summed E-state index contributed by atoms with van der Waals surface area (Å²) in [7, 11) is 6.59. The van der Waals surface area contributed by atoms with Gasteiger partial charge in [0.2, 0.25) is 0 Å². The van der Waals surface area contributed by atoms with Gasteiger partial charge in [0.25, 0.3) is 0 Å². The van der Waals surface area contributed by atoms with Crippen LogP contribution >= 0.6 is 0 Å². The fourth-order valence-corrected chi connectivity index (χ4v) is 3.84. The van der Waals surface area contributed by atoms with E-state index in [-0.39, 0.29) is 12.7 Å². The highest BCUT2D eigenvalue weighted by atomic mass is 16.5.